The number of ether oxygens (including phenoxy) is 1. The number of amides is 1. The molecule has 5 nitrogen and oxygen atoms in total. The number of carbonyl (C=O) groups excluding carboxylic acids is 1. The quantitative estimate of drug-likeness (QED) is 0.714. The number of benzene rings is 1. The van der Waals surface area contributed by atoms with Gasteiger partial charge in [-0.05, 0) is 36.5 Å². The summed E-state index contributed by atoms with van der Waals surface area (Å²) >= 11 is 1.71. The number of nitrogens with zero attached hydrogens (tertiary/aromatic N) is 1. The summed E-state index contributed by atoms with van der Waals surface area (Å²) in [6, 6.07) is 7.97. The summed E-state index contributed by atoms with van der Waals surface area (Å²) in [6.45, 7) is 6.28. The second-order valence-electron chi connectivity index (χ2n) is 6.34. The van der Waals surface area contributed by atoms with Gasteiger partial charge in [-0.2, -0.15) is 11.8 Å². The molecule has 1 heterocycles. The van der Waals surface area contributed by atoms with Crippen molar-refractivity contribution < 1.29 is 9.53 Å². The SMILES string of the molecule is CSCC[C@H](N)C(=O)NCc1cccc(CN2CCOC(C)C2)c1.Cl. The third kappa shape index (κ3) is 7.96. The van der Waals surface area contributed by atoms with Gasteiger partial charge in [0.1, 0.15) is 0 Å². The van der Waals surface area contributed by atoms with E-state index in [0.29, 0.717) is 19.1 Å². The van der Waals surface area contributed by atoms with Crippen LogP contribution in [0.1, 0.15) is 24.5 Å². The minimum Gasteiger partial charge on any atom is -0.376 e. The van der Waals surface area contributed by atoms with E-state index in [-0.39, 0.29) is 18.3 Å². The molecule has 1 amide bonds. The van der Waals surface area contributed by atoms with Crippen molar-refractivity contribution in [1.82, 2.24) is 10.2 Å². The van der Waals surface area contributed by atoms with E-state index in [1.54, 1.807) is 11.8 Å². The van der Waals surface area contributed by atoms with E-state index in [1.807, 2.05) is 18.4 Å². The smallest absolute Gasteiger partial charge is 0.237 e. The molecular weight excluding hydrogens is 358 g/mol. The van der Waals surface area contributed by atoms with Crippen molar-refractivity contribution in [1.29, 1.82) is 0 Å². The first-order chi connectivity index (χ1) is 11.6. The molecule has 2 rings (SSSR count). The van der Waals surface area contributed by atoms with Gasteiger partial charge in [0.05, 0.1) is 18.8 Å². The highest BCUT2D eigenvalue weighted by Gasteiger charge is 2.17. The molecule has 1 aromatic rings. The minimum atomic E-state index is -0.421. The van der Waals surface area contributed by atoms with E-state index < -0.39 is 6.04 Å². The molecule has 2 atom stereocenters. The second kappa shape index (κ2) is 11.8. The highest BCUT2D eigenvalue weighted by atomic mass is 35.5. The summed E-state index contributed by atoms with van der Waals surface area (Å²) in [4.78, 5) is 14.4. The van der Waals surface area contributed by atoms with Crippen molar-refractivity contribution in [2.75, 3.05) is 31.7 Å². The van der Waals surface area contributed by atoms with Crippen molar-refractivity contribution >= 4 is 30.1 Å². The molecule has 0 aliphatic carbocycles. The van der Waals surface area contributed by atoms with Crippen LogP contribution >= 0.6 is 24.2 Å². The first kappa shape index (κ1) is 22.3. The number of morpholine rings is 1. The topological polar surface area (TPSA) is 67.6 Å². The van der Waals surface area contributed by atoms with Crippen LogP contribution in [0.5, 0.6) is 0 Å². The van der Waals surface area contributed by atoms with Gasteiger partial charge in [0.15, 0.2) is 0 Å². The Bertz CT molecular complexity index is 533. The third-order valence-electron chi connectivity index (χ3n) is 4.16. The normalized spacial score (nSPS) is 19.1. The maximum absolute atomic E-state index is 12.0. The Kier molecular flexibility index (Phi) is 10.5. The van der Waals surface area contributed by atoms with Crippen molar-refractivity contribution in [3.8, 4) is 0 Å². The van der Waals surface area contributed by atoms with Crippen LogP contribution in [0.2, 0.25) is 0 Å². The highest BCUT2D eigenvalue weighted by Crippen LogP contribution is 2.12. The lowest BCUT2D eigenvalue weighted by molar-refractivity contribution is -0.122. The summed E-state index contributed by atoms with van der Waals surface area (Å²) in [7, 11) is 0. The number of hydrogen-bond donors (Lipinski definition) is 2. The number of nitrogens with one attached hydrogen (secondary N) is 1. The van der Waals surface area contributed by atoms with Crippen molar-refractivity contribution in [2.24, 2.45) is 5.73 Å². The van der Waals surface area contributed by atoms with E-state index >= 15 is 0 Å². The second-order valence-corrected chi connectivity index (χ2v) is 7.33. The molecule has 1 unspecified atom stereocenters. The number of thioether (sulfide) groups is 1. The average molecular weight is 388 g/mol. The molecule has 0 saturated carbocycles. The zero-order chi connectivity index (χ0) is 17.4. The monoisotopic (exact) mass is 387 g/mol. The minimum absolute atomic E-state index is 0. The van der Waals surface area contributed by atoms with Crippen molar-refractivity contribution in [3.63, 3.8) is 0 Å². The van der Waals surface area contributed by atoms with Gasteiger partial charge in [0.2, 0.25) is 5.91 Å². The number of rotatable bonds is 8. The number of hydrogen-bond acceptors (Lipinski definition) is 5. The van der Waals surface area contributed by atoms with Gasteiger partial charge < -0.3 is 15.8 Å². The van der Waals surface area contributed by atoms with Crippen LogP contribution < -0.4 is 11.1 Å². The largest absolute Gasteiger partial charge is 0.376 e. The molecule has 0 spiro atoms. The fourth-order valence-electron chi connectivity index (χ4n) is 2.83. The maximum atomic E-state index is 12.0. The summed E-state index contributed by atoms with van der Waals surface area (Å²) in [5.41, 5.74) is 8.27. The summed E-state index contributed by atoms with van der Waals surface area (Å²) in [5, 5.41) is 2.94. The molecule has 25 heavy (non-hydrogen) atoms. The van der Waals surface area contributed by atoms with Crippen LogP contribution in [0.3, 0.4) is 0 Å². The Hall–Kier alpha value is -0.790. The molecule has 0 aromatic heterocycles. The van der Waals surface area contributed by atoms with E-state index in [0.717, 1.165) is 37.6 Å². The fraction of sp³-hybridized carbons (Fsp3) is 0.611. The predicted molar refractivity (Wildman–Crippen MR) is 107 cm³/mol. The Morgan fingerprint density at radius 1 is 1.48 bits per heavy atom. The van der Waals surface area contributed by atoms with Gasteiger partial charge in [-0.3, -0.25) is 9.69 Å². The van der Waals surface area contributed by atoms with Crippen LogP contribution in [0.4, 0.5) is 0 Å². The molecule has 3 N–H and O–H groups in total. The van der Waals surface area contributed by atoms with Crippen molar-refractivity contribution in [3.05, 3.63) is 35.4 Å². The maximum Gasteiger partial charge on any atom is 0.237 e. The lowest BCUT2D eigenvalue weighted by Gasteiger charge is -2.31. The van der Waals surface area contributed by atoms with Crippen LogP contribution in [0.25, 0.3) is 0 Å². The number of halogens is 1. The van der Waals surface area contributed by atoms with E-state index in [4.69, 9.17) is 10.5 Å². The summed E-state index contributed by atoms with van der Waals surface area (Å²) < 4.78 is 5.58. The van der Waals surface area contributed by atoms with Gasteiger partial charge in [-0.1, -0.05) is 24.3 Å². The van der Waals surface area contributed by atoms with Crippen molar-refractivity contribution in [2.45, 2.75) is 38.6 Å². The average Bonchev–Trinajstić information content (AvgIpc) is 2.58. The molecular formula is C18H30ClN3O2S. The highest BCUT2D eigenvalue weighted by molar-refractivity contribution is 7.98. The van der Waals surface area contributed by atoms with Crippen LogP contribution in [0.15, 0.2) is 24.3 Å². The molecule has 1 fully saturated rings. The molecule has 142 valence electrons. The lowest BCUT2D eigenvalue weighted by atomic mass is 10.1. The van der Waals surface area contributed by atoms with E-state index in [2.05, 4.69) is 29.3 Å². The van der Waals surface area contributed by atoms with Gasteiger partial charge in [0, 0.05) is 26.2 Å². The Morgan fingerprint density at radius 3 is 2.96 bits per heavy atom. The lowest BCUT2D eigenvalue weighted by Crippen LogP contribution is -2.40. The Labute approximate surface area is 161 Å². The molecule has 1 aliphatic heterocycles. The van der Waals surface area contributed by atoms with Crippen LogP contribution in [0, 0.1) is 0 Å². The predicted octanol–water partition coefficient (Wildman–Crippen LogP) is 2.03. The van der Waals surface area contributed by atoms with Crippen LogP contribution in [-0.4, -0.2) is 54.7 Å². The standard InChI is InChI=1S/C18H29N3O2S.ClH/c1-14-12-21(7-8-23-14)13-16-5-3-4-15(10-16)11-20-18(22)17(19)6-9-24-2;/h3-5,10,14,17H,6-9,11-13,19H2,1-2H3,(H,20,22);1H/t14?,17-;/m0./s1. The molecule has 1 aromatic carbocycles. The Balaban J connectivity index is 0.00000312. The first-order valence-corrected chi connectivity index (χ1v) is 9.92. The van der Waals surface area contributed by atoms with Gasteiger partial charge >= 0.3 is 0 Å². The zero-order valence-corrected chi connectivity index (χ0v) is 16.7. The zero-order valence-electron chi connectivity index (χ0n) is 15.1. The van der Waals surface area contributed by atoms with Crippen LogP contribution in [-0.2, 0) is 22.6 Å². The summed E-state index contributed by atoms with van der Waals surface area (Å²) in [6.07, 6.45) is 3.03. The Morgan fingerprint density at radius 2 is 2.24 bits per heavy atom. The first-order valence-electron chi connectivity index (χ1n) is 8.52. The van der Waals surface area contributed by atoms with E-state index in [1.165, 1.54) is 5.56 Å². The molecule has 0 radical (unpaired) electrons. The molecule has 0 bridgehead atoms. The third-order valence-corrected chi connectivity index (χ3v) is 4.80. The number of carbonyl (C=O) groups is 1. The fourth-order valence-corrected chi connectivity index (χ4v) is 3.32. The van der Waals surface area contributed by atoms with Gasteiger partial charge in [-0.25, -0.2) is 0 Å². The number of nitrogens with two attached hydrogens (primary N) is 1. The molecule has 1 saturated heterocycles. The molecule has 7 heteroatoms. The molecule has 1 aliphatic rings. The van der Waals surface area contributed by atoms with Gasteiger partial charge in [-0.15, -0.1) is 12.4 Å². The van der Waals surface area contributed by atoms with E-state index in [9.17, 15) is 4.79 Å². The van der Waals surface area contributed by atoms with Gasteiger partial charge in [0.25, 0.3) is 0 Å². The summed E-state index contributed by atoms with van der Waals surface area (Å²) in [5.74, 6) is 0.832.